The molecule has 0 saturated carbocycles. The van der Waals surface area contributed by atoms with Crippen molar-refractivity contribution in [3.8, 4) is 5.75 Å². The zero-order chi connectivity index (χ0) is 18.4. The second kappa shape index (κ2) is 8.74. The molecule has 0 radical (unpaired) electrons. The molecule has 0 spiro atoms. The van der Waals surface area contributed by atoms with Crippen LogP contribution in [0.15, 0.2) is 42.5 Å². The molecular weight excluding hydrogens is 363 g/mol. The molecule has 2 aromatic rings. The van der Waals surface area contributed by atoms with Gasteiger partial charge in [0, 0.05) is 30.6 Å². The van der Waals surface area contributed by atoms with Crippen molar-refractivity contribution in [3.05, 3.63) is 58.1 Å². The van der Waals surface area contributed by atoms with Crippen LogP contribution in [0.25, 0.3) is 0 Å². The van der Waals surface area contributed by atoms with Crippen molar-refractivity contribution in [2.75, 3.05) is 25.1 Å². The first-order valence-corrected chi connectivity index (χ1v) is 8.33. The third kappa shape index (κ3) is 5.11. The van der Waals surface area contributed by atoms with Gasteiger partial charge in [-0.2, -0.15) is 0 Å². The number of ether oxygens (including phenoxy) is 1. The molecule has 0 unspecified atom stereocenters. The number of halogens is 2. The van der Waals surface area contributed by atoms with Gasteiger partial charge in [0.1, 0.15) is 5.75 Å². The van der Waals surface area contributed by atoms with Crippen LogP contribution in [-0.2, 0) is 4.79 Å². The normalized spacial score (nSPS) is 10.2. The maximum absolute atomic E-state index is 12.2. The van der Waals surface area contributed by atoms with Gasteiger partial charge in [0.15, 0.2) is 0 Å². The molecule has 0 aliphatic carbocycles. The standard InChI is InChI=1S/C18H18Cl2N2O3/c1-12(23)22(17-7-6-14(19)11-16(17)20)9-8-21-18(24)13-4-3-5-15(10-13)25-2/h3-7,10-11H,8-9H2,1-2H3,(H,21,24). The van der Waals surface area contributed by atoms with Gasteiger partial charge >= 0.3 is 0 Å². The summed E-state index contributed by atoms with van der Waals surface area (Å²) in [6.07, 6.45) is 0. The molecular formula is C18H18Cl2N2O3. The number of methoxy groups -OCH3 is 1. The number of hydrogen-bond acceptors (Lipinski definition) is 3. The van der Waals surface area contributed by atoms with E-state index in [-0.39, 0.29) is 24.9 Å². The second-order valence-corrected chi connectivity index (χ2v) is 6.10. The number of hydrogen-bond donors (Lipinski definition) is 1. The molecule has 2 rings (SSSR count). The summed E-state index contributed by atoms with van der Waals surface area (Å²) in [5, 5.41) is 3.64. The van der Waals surface area contributed by atoms with Crippen molar-refractivity contribution in [2.45, 2.75) is 6.92 Å². The number of nitrogens with one attached hydrogen (secondary N) is 1. The highest BCUT2D eigenvalue weighted by atomic mass is 35.5. The van der Waals surface area contributed by atoms with E-state index < -0.39 is 0 Å². The van der Waals surface area contributed by atoms with E-state index in [1.165, 1.54) is 18.9 Å². The smallest absolute Gasteiger partial charge is 0.251 e. The van der Waals surface area contributed by atoms with E-state index in [1.54, 1.807) is 42.5 Å². The monoisotopic (exact) mass is 380 g/mol. The van der Waals surface area contributed by atoms with Crippen molar-refractivity contribution in [1.29, 1.82) is 0 Å². The Morgan fingerprint density at radius 1 is 1.16 bits per heavy atom. The Balaban J connectivity index is 2.02. The van der Waals surface area contributed by atoms with Crippen LogP contribution in [0.1, 0.15) is 17.3 Å². The topological polar surface area (TPSA) is 58.6 Å². The van der Waals surface area contributed by atoms with Gasteiger partial charge in [0.2, 0.25) is 5.91 Å². The number of rotatable bonds is 6. The van der Waals surface area contributed by atoms with E-state index in [4.69, 9.17) is 27.9 Å². The average Bonchev–Trinajstić information content (AvgIpc) is 2.59. The fraction of sp³-hybridized carbons (Fsp3) is 0.222. The SMILES string of the molecule is COc1cccc(C(=O)NCCN(C(C)=O)c2ccc(Cl)cc2Cl)c1. The van der Waals surface area contributed by atoms with Crippen molar-refractivity contribution in [2.24, 2.45) is 0 Å². The highest BCUT2D eigenvalue weighted by Gasteiger charge is 2.15. The highest BCUT2D eigenvalue weighted by Crippen LogP contribution is 2.28. The quantitative estimate of drug-likeness (QED) is 0.829. The maximum atomic E-state index is 12.2. The number of carbonyl (C=O) groups excluding carboxylic acids is 2. The molecule has 7 heteroatoms. The predicted molar refractivity (Wildman–Crippen MR) is 99.8 cm³/mol. The molecule has 5 nitrogen and oxygen atoms in total. The molecule has 0 fully saturated rings. The van der Waals surface area contributed by atoms with E-state index in [1.807, 2.05) is 0 Å². The minimum absolute atomic E-state index is 0.181. The highest BCUT2D eigenvalue weighted by molar-refractivity contribution is 6.36. The Labute approximate surface area is 156 Å². The zero-order valence-corrected chi connectivity index (χ0v) is 15.4. The van der Waals surface area contributed by atoms with Crippen LogP contribution in [0, 0.1) is 0 Å². The van der Waals surface area contributed by atoms with Crippen LogP contribution in [0.3, 0.4) is 0 Å². The van der Waals surface area contributed by atoms with E-state index in [2.05, 4.69) is 5.32 Å². The van der Waals surface area contributed by atoms with Gasteiger partial charge in [0.05, 0.1) is 17.8 Å². The van der Waals surface area contributed by atoms with Gasteiger partial charge in [0.25, 0.3) is 5.91 Å². The Hall–Kier alpha value is -2.24. The van der Waals surface area contributed by atoms with Crippen molar-refractivity contribution in [3.63, 3.8) is 0 Å². The van der Waals surface area contributed by atoms with Crippen molar-refractivity contribution in [1.82, 2.24) is 5.32 Å². The van der Waals surface area contributed by atoms with Gasteiger partial charge in [-0.1, -0.05) is 29.3 Å². The van der Waals surface area contributed by atoms with Gasteiger partial charge in [-0.25, -0.2) is 0 Å². The predicted octanol–water partition coefficient (Wildman–Crippen LogP) is 3.78. The van der Waals surface area contributed by atoms with Gasteiger partial charge in [-0.3, -0.25) is 9.59 Å². The summed E-state index contributed by atoms with van der Waals surface area (Å²) in [6, 6.07) is 11.7. The van der Waals surface area contributed by atoms with Crippen LogP contribution in [0.2, 0.25) is 10.0 Å². The summed E-state index contributed by atoms with van der Waals surface area (Å²) in [5.41, 5.74) is 1.03. The van der Waals surface area contributed by atoms with E-state index >= 15 is 0 Å². The summed E-state index contributed by atoms with van der Waals surface area (Å²) in [4.78, 5) is 25.6. The van der Waals surface area contributed by atoms with Crippen molar-refractivity contribution < 1.29 is 14.3 Å². The summed E-state index contributed by atoms with van der Waals surface area (Å²) in [6.45, 7) is 2.00. The minimum atomic E-state index is -0.246. The van der Waals surface area contributed by atoms with Gasteiger partial charge in [-0.15, -0.1) is 0 Å². The van der Waals surface area contributed by atoms with Crippen LogP contribution >= 0.6 is 23.2 Å². The molecule has 0 bridgehead atoms. The number of carbonyl (C=O) groups is 2. The number of benzene rings is 2. The molecule has 0 saturated heterocycles. The summed E-state index contributed by atoms with van der Waals surface area (Å²) in [7, 11) is 1.54. The Bertz CT molecular complexity index is 781. The lowest BCUT2D eigenvalue weighted by Gasteiger charge is -2.22. The molecule has 0 atom stereocenters. The first-order valence-electron chi connectivity index (χ1n) is 7.57. The fourth-order valence-electron chi connectivity index (χ4n) is 2.30. The van der Waals surface area contributed by atoms with E-state index in [0.29, 0.717) is 27.0 Å². The Kier molecular flexibility index (Phi) is 6.67. The molecule has 0 heterocycles. The van der Waals surface area contributed by atoms with Gasteiger partial charge in [-0.05, 0) is 36.4 Å². The maximum Gasteiger partial charge on any atom is 0.251 e. The molecule has 0 aromatic heterocycles. The lowest BCUT2D eigenvalue weighted by atomic mass is 10.2. The van der Waals surface area contributed by atoms with Crippen molar-refractivity contribution >= 4 is 40.7 Å². The lowest BCUT2D eigenvalue weighted by molar-refractivity contribution is -0.116. The third-order valence-electron chi connectivity index (χ3n) is 3.53. The van der Waals surface area contributed by atoms with Crippen LogP contribution in [0.5, 0.6) is 5.75 Å². The third-order valence-corrected chi connectivity index (χ3v) is 4.07. The van der Waals surface area contributed by atoms with E-state index in [9.17, 15) is 9.59 Å². The number of nitrogens with zero attached hydrogens (tertiary/aromatic N) is 1. The second-order valence-electron chi connectivity index (χ2n) is 5.25. The molecule has 0 aliphatic rings. The fourth-order valence-corrected chi connectivity index (χ4v) is 2.81. The minimum Gasteiger partial charge on any atom is -0.497 e. The molecule has 0 aliphatic heterocycles. The van der Waals surface area contributed by atoms with E-state index in [0.717, 1.165) is 0 Å². The largest absolute Gasteiger partial charge is 0.497 e. The molecule has 132 valence electrons. The lowest BCUT2D eigenvalue weighted by Crippen LogP contribution is -2.37. The average molecular weight is 381 g/mol. The molecule has 2 amide bonds. The van der Waals surface area contributed by atoms with Gasteiger partial charge < -0.3 is 15.0 Å². The Morgan fingerprint density at radius 3 is 2.56 bits per heavy atom. The molecule has 25 heavy (non-hydrogen) atoms. The van der Waals surface area contributed by atoms with Crippen LogP contribution < -0.4 is 15.0 Å². The number of amides is 2. The molecule has 1 N–H and O–H groups in total. The molecule has 2 aromatic carbocycles. The summed E-state index contributed by atoms with van der Waals surface area (Å²) < 4.78 is 5.10. The first kappa shape index (κ1) is 19.1. The Morgan fingerprint density at radius 2 is 1.92 bits per heavy atom. The number of anilines is 1. The summed E-state index contributed by atoms with van der Waals surface area (Å²) >= 11 is 12.0. The first-order chi connectivity index (χ1) is 11.9. The van der Waals surface area contributed by atoms with Crippen LogP contribution in [0.4, 0.5) is 5.69 Å². The zero-order valence-electron chi connectivity index (χ0n) is 13.9. The summed E-state index contributed by atoms with van der Waals surface area (Å²) in [5.74, 6) is 0.176. The van der Waals surface area contributed by atoms with Crippen LogP contribution in [-0.4, -0.2) is 32.0 Å².